The smallest absolute Gasteiger partial charge is 0.260 e. The standard InChI is InChI=1S/C25H29FN4O5S2/c26-20-4-7-22-23(18-20)36-25(27-22)30(9-1-8-28-10-14-34-15-11-28)24(31)19-2-5-21(6-3-19)37(32,33)29-12-16-35-17-13-29/h2-7,18H,1,8-17H2. The van der Waals surface area contributed by atoms with Crippen molar-refractivity contribution < 1.29 is 27.1 Å². The van der Waals surface area contributed by atoms with E-state index in [0.717, 1.165) is 26.1 Å². The van der Waals surface area contributed by atoms with Crippen LogP contribution in [0, 0.1) is 5.82 Å². The van der Waals surface area contributed by atoms with Crippen LogP contribution in [-0.4, -0.2) is 94.2 Å². The molecule has 198 valence electrons. The van der Waals surface area contributed by atoms with Gasteiger partial charge >= 0.3 is 0 Å². The maximum Gasteiger partial charge on any atom is 0.260 e. The van der Waals surface area contributed by atoms with Gasteiger partial charge in [-0.05, 0) is 48.9 Å². The maximum atomic E-state index is 13.8. The number of rotatable bonds is 8. The minimum atomic E-state index is -3.66. The Labute approximate surface area is 219 Å². The number of hydrogen-bond donors (Lipinski definition) is 0. The predicted octanol–water partition coefficient (Wildman–Crippen LogP) is 2.83. The van der Waals surface area contributed by atoms with E-state index >= 15 is 0 Å². The van der Waals surface area contributed by atoms with Gasteiger partial charge in [-0.15, -0.1) is 0 Å². The summed E-state index contributed by atoms with van der Waals surface area (Å²) in [7, 11) is -3.66. The number of morpholine rings is 2. The van der Waals surface area contributed by atoms with Crippen LogP contribution in [0.5, 0.6) is 0 Å². The van der Waals surface area contributed by atoms with E-state index in [2.05, 4.69) is 9.88 Å². The SMILES string of the molecule is O=C(c1ccc(S(=O)(=O)N2CCOCC2)cc1)N(CCCN1CCOCC1)c1nc2ccc(F)cc2s1. The highest BCUT2D eigenvalue weighted by Crippen LogP contribution is 2.31. The lowest BCUT2D eigenvalue weighted by molar-refractivity contribution is 0.0376. The molecule has 0 spiro atoms. The first-order chi connectivity index (χ1) is 17.9. The van der Waals surface area contributed by atoms with E-state index in [4.69, 9.17) is 9.47 Å². The van der Waals surface area contributed by atoms with E-state index < -0.39 is 10.0 Å². The van der Waals surface area contributed by atoms with Crippen LogP contribution in [0.2, 0.25) is 0 Å². The van der Waals surface area contributed by atoms with E-state index in [-0.39, 0.29) is 16.6 Å². The van der Waals surface area contributed by atoms with Gasteiger partial charge in [0.15, 0.2) is 5.13 Å². The molecule has 2 aliphatic heterocycles. The van der Waals surface area contributed by atoms with Crippen molar-refractivity contribution in [1.29, 1.82) is 0 Å². The summed E-state index contributed by atoms with van der Waals surface area (Å²) in [5, 5.41) is 0.484. The summed E-state index contributed by atoms with van der Waals surface area (Å²) < 4.78 is 52.4. The average Bonchev–Trinajstić information content (AvgIpc) is 3.34. The fourth-order valence-electron chi connectivity index (χ4n) is 4.42. The molecule has 12 heteroatoms. The Morgan fingerprint density at radius 3 is 2.38 bits per heavy atom. The highest BCUT2D eigenvalue weighted by atomic mass is 32.2. The molecule has 2 fully saturated rings. The van der Waals surface area contributed by atoms with Crippen LogP contribution in [0.25, 0.3) is 10.2 Å². The van der Waals surface area contributed by atoms with Gasteiger partial charge in [0.2, 0.25) is 10.0 Å². The molecule has 0 atom stereocenters. The zero-order valence-corrected chi connectivity index (χ0v) is 22.0. The van der Waals surface area contributed by atoms with Crippen LogP contribution in [0.15, 0.2) is 47.4 Å². The van der Waals surface area contributed by atoms with Crippen LogP contribution in [0.1, 0.15) is 16.8 Å². The van der Waals surface area contributed by atoms with E-state index in [1.165, 1.54) is 52.0 Å². The van der Waals surface area contributed by atoms with Gasteiger partial charge in [-0.1, -0.05) is 11.3 Å². The van der Waals surface area contributed by atoms with Gasteiger partial charge in [-0.3, -0.25) is 14.6 Å². The molecule has 1 amide bonds. The number of amides is 1. The summed E-state index contributed by atoms with van der Waals surface area (Å²) >= 11 is 1.26. The van der Waals surface area contributed by atoms with E-state index in [1.807, 2.05) is 0 Å². The third-order valence-electron chi connectivity index (χ3n) is 6.48. The van der Waals surface area contributed by atoms with Crippen molar-refractivity contribution in [3.05, 3.63) is 53.8 Å². The predicted molar refractivity (Wildman–Crippen MR) is 139 cm³/mol. The molecule has 2 aromatic carbocycles. The number of anilines is 1. The summed E-state index contributed by atoms with van der Waals surface area (Å²) in [6, 6.07) is 10.4. The molecular weight excluding hydrogens is 519 g/mol. The van der Waals surface area contributed by atoms with Crippen LogP contribution >= 0.6 is 11.3 Å². The molecule has 2 aliphatic rings. The molecule has 1 aromatic heterocycles. The van der Waals surface area contributed by atoms with Crippen LogP contribution in [0.4, 0.5) is 9.52 Å². The monoisotopic (exact) mass is 548 g/mol. The van der Waals surface area contributed by atoms with Crippen LogP contribution in [-0.2, 0) is 19.5 Å². The lowest BCUT2D eigenvalue weighted by Crippen LogP contribution is -2.40. The number of fused-ring (bicyclic) bond motifs is 1. The normalized spacial score (nSPS) is 17.8. The molecule has 3 aromatic rings. The van der Waals surface area contributed by atoms with E-state index in [0.29, 0.717) is 67.0 Å². The van der Waals surface area contributed by atoms with Gasteiger partial charge in [0.05, 0.1) is 41.5 Å². The van der Waals surface area contributed by atoms with Gasteiger partial charge in [0.1, 0.15) is 5.82 Å². The number of sulfonamides is 1. The minimum absolute atomic E-state index is 0.139. The Bertz CT molecular complexity index is 1340. The van der Waals surface area contributed by atoms with Crippen molar-refractivity contribution in [2.45, 2.75) is 11.3 Å². The Hall–Kier alpha value is -2.48. The molecule has 2 saturated heterocycles. The summed E-state index contributed by atoms with van der Waals surface area (Å²) in [5.41, 5.74) is 0.983. The van der Waals surface area contributed by atoms with Crippen molar-refractivity contribution in [1.82, 2.24) is 14.2 Å². The molecule has 5 rings (SSSR count). The van der Waals surface area contributed by atoms with Crippen molar-refractivity contribution in [2.24, 2.45) is 0 Å². The largest absolute Gasteiger partial charge is 0.379 e. The third-order valence-corrected chi connectivity index (χ3v) is 9.44. The Kier molecular flexibility index (Phi) is 8.12. The Morgan fingerprint density at radius 1 is 1.00 bits per heavy atom. The highest BCUT2D eigenvalue weighted by molar-refractivity contribution is 7.89. The number of hydrogen-bond acceptors (Lipinski definition) is 8. The summed E-state index contributed by atoms with van der Waals surface area (Å²) in [6.07, 6.45) is 0.722. The number of halogens is 1. The lowest BCUT2D eigenvalue weighted by Gasteiger charge is -2.28. The first-order valence-electron chi connectivity index (χ1n) is 12.3. The van der Waals surface area contributed by atoms with Gasteiger partial charge in [-0.25, -0.2) is 17.8 Å². The Morgan fingerprint density at radius 2 is 1.68 bits per heavy atom. The van der Waals surface area contributed by atoms with Crippen LogP contribution < -0.4 is 4.90 Å². The summed E-state index contributed by atoms with van der Waals surface area (Å²) in [5.74, 6) is -0.637. The number of carbonyl (C=O) groups excluding carboxylic acids is 1. The lowest BCUT2D eigenvalue weighted by atomic mass is 10.2. The third kappa shape index (κ3) is 6.00. The molecule has 3 heterocycles. The number of ether oxygens (including phenoxy) is 2. The second kappa shape index (κ2) is 11.5. The molecule has 0 saturated carbocycles. The molecule has 0 aliphatic carbocycles. The van der Waals surface area contributed by atoms with Crippen molar-refractivity contribution in [2.75, 3.05) is 70.6 Å². The van der Waals surface area contributed by atoms with E-state index in [1.54, 1.807) is 11.0 Å². The number of benzene rings is 2. The second-order valence-electron chi connectivity index (χ2n) is 8.91. The van der Waals surface area contributed by atoms with Gasteiger partial charge in [-0.2, -0.15) is 4.31 Å². The fourth-order valence-corrected chi connectivity index (χ4v) is 6.85. The van der Waals surface area contributed by atoms with E-state index in [9.17, 15) is 17.6 Å². The average molecular weight is 549 g/mol. The van der Waals surface area contributed by atoms with Crippen molar-refractivity contribution in [3.63, 3.8) is 0 Å². The maximum absolute atomic E-state index is 13.8. The molecular formula is C25H29FN4O5S2. The fraction of sp³-hybridized carbons (Fsp3) is 0.440. The topological polar surface area (TPSA) is 92.3 Å². The highest BCUT2D eigenvalue weighted by Gasteiger charge is 2.27. The zero-order valence-electron chi connectivity index (χ0n) is 20.3. The molecule has 37 heavy (non-hydrogen) atoms. The second-order valence-corrected chi connectivity index (χ2v) is 11.9. The number of aromatic nitrogens is 1. The van der Waals surface area contributed by atoms with Gasteiger partial charge < -0.3 is 9.47 Å². The molecule has 0 bridgehead atoms. The zero-order chi connectivity index (χ0) is 25.8. The summed E-state index contributed by atoms with van der Waals surface area (Å²) in [4.78, 5) is 22.3. The molecule has 0 unspecified atom stereocenters. The first kappa shape index (κ1) is 26.1. The summed E-state index contributed by atoms with van der Waals surface area (Å²) in [6.45, 7) is 5.67. The van der Waals surface area contributed by atoms with Gasteiger partial charge in [0.25, 0.3) is 5.91 Å². The Balaban J connectivity index is 1.37. The van der Waals surface area contributed by atoms with Crippen molar-refractivity contribution >= 4 is 42.6 Å². The number of nitrogens with zero attached hydrogens (tertiary/aromatic N) is 4. The molecule has 0 radical (unpaired) electrons. The quantitative estimate of drug-likeness (QED) is 0.428. The minimum Gasteiger partial charge on any atom is -0.379 e. The molecule has 0 N–H and O–H groups in total. The number of thiazole rings is 1. The molecule has 9 nitrogen and oxygen atoms in total. The first-order valence-corrected chi connectivity index (χ1v) is 14.5. The van der Waals surface area contributed by atoms with Crippen molar-refractivity contribution in [3.8, 4) is 0 Å². The number of carbonyl (C=O) groups is 1. The van der Waals surface area contributed by atoms with Gasteiger partial charge in [0, 0.05) is 44.8 Å². The van der Waals surface area contributed by atoms with Crippen LogP contribution in [0.3, 0.4) is 0 Å².